The van der Waals surface area contributed by atoms with Crippen LogP contribution in [0.2, 0.25) is 0 Å². The Bertz CT molecular complexity index is 983. The van der Waals surface area contributed by atoms with Gasteiger partial charge in [0, 0.05) is 18.3 Å². The number of ether oxygens (including phenoxy) is 2. The van der Waals surface area contributed by atoms with Crippen LogP contribution >= 0.6 is 0 Å². The summed E-state index contributed by atoms with van der Waals surface area (Å²) in [5.74, 6) is 0.723. The molecule has 0 heterocycles. The van der Waals surface area contributed by atoms with E-state index in [9.17, 15) is 13.2 Å². The van der Waals surface area contributed by atoms with E-state index in [4.69, 9.17) is 9.47 Å². The first-order valence-electron chi connectivity index (χ1n) is 8.75. The molecule has 1 amide bonds. The highest BCUT2D eigenvalue weighted by atomic mass is 32.2. The van der Waals surface area contributed by atoms with Crippen LogP contribution in [0, 0.1) is 0 Å². The molecule has 154 valence electrons. The third-order valence-electron chi connectivity index (χ3n) is 3.86. The summed E-state index contributed by atoms with van der Waals surface area (Å²) in [4.78, 5) is 12.1. The van der Waals surface area contributed by atoms with Crippen molar-refractivity contribution in [2.24, 2.45) is 0 Å². The van der Waals surface area contributed by atoms with Crippen LogP contribution in [0.4, 0.5) is 5.69 Å². The van der Waals surface area contributed by atoms with Crippen molar-refractivity contribution < 1.29 is 22.7 Å². The van der Waals surface area contributed by atoms with Crippen molar-refractivity contribution in [1.29, 1.82) is 0 Å². The van der Waals surface area contributed by atoms with E-state index in [0.29, 0.717) is 22.7 Å². The molecule has 8 heteroatoms. The molecule has 2 aromatic carbocycles. The summed E-state index contributed by atoms with van der Waals surface area (Å²) in [5.41, 5.74) is 1.96. The standard InChI is InChI=1S/C21H24N2O5S/c1-4-13-22-29(25,26)15-17-5-9-18(10-6-17)23-21(24)12-8-16-7-11-19(27-2)20(14-16)28-3/h4-12,14,22H,1,13,15H2,2-3H3,(H,23,24)/b12-8+. The molecule has 29 heavy (non-hydrogen) atoms. The topological polar surface area (TPSA) is 93.7 Å². The van der Waals surface area contributed by atoms with Crippen LogP contribution in [0.5, 0.6) is 11.5 Å². The Balaban J connectivity index is 1.97. The lowest BCUT2D eigenvalue weighted by molar-refractivity contribution is -0.111. The van der Waals surface area contributed by atoms with Crippen molar-refractivity contribution in [1.82, 2.24) is 4.72 Å². The molecule has 0 aliphatic heterocycles. The number of methoxy groups -OCH3 is 2. The van der Waals surface area contributed by atoms with Crippen LogP contribution in [0.25, 0.3) is 6.08 Å². The van der Waals surface area contributed by atoms with Crippen LogP contribution in [0.3, 0.4) is 0 Å². The van der Waals surface area contributed by atoms with E-state index in [2.05, 4.69) is 16.6 Å². The molecule has 0 bridgehead atoms. The Labute approximate surface area is 171 Å². The fourth-order valence-corrected chi connectivity index (χ4v) is 3.56. The molecular formula is C21H24N2O5S. The molecule has 2 N–H and O–H groups in total. The van der Waals surface area contributed by atoms with Crippen molar-refractivity contribution in [2.75, 3.05) is 26.1 Å². The molecule has 0 aromatic heterocycles. The smallest absolute Gasteiger partial charge is 0.248 e. The number of anilines is 1. The van der Waals surface area contributed by atoms with Crippen LogP contribution in [-0.2, 0) is 20.6 Å². The summed E-state index contributed by atoms with van der Waals surface area (Å²) < 4.78 is 36.6. The van der Waals surface area contributed by atoms with Crippen molar-refractivity contribution >= 4 is 27.7 Å². The van der Waals surface area contributed by atoms with Gasteiger partial charge in [-0.05, 0) is 41.5 Å². The second kappa shape index (κ2) is 10.4. The molecule has 0 aliphatic carbocycles. The SMILES string of the molecule is C=CCNS(=O)(=O)Cc1ccc(NC(=O)/C=C/c2ccc(OC)c(OC)c2)cc1. The lowest BCUT2D eigenvalue weighted by Crippen LogP contribution is -2.25. The predicted octanol–water partition coefficient (Wildman–Crippen LogP) is 2.96. The fraction of sp³-hybridized carbons (Fsp3) is 0.190. The van der Waals surface area contributed by atoms with E-state index in [-0.39, 0.29) is 18.2 Å². The first-order chi connectivity index (χ1) is 13.9. The Morgan fingerprint density at radius 1 is 1.07 bits per heavy atom. The average molecular weight is 416 g/mol. The summed E-state index contributed by atoms with van der Waals surface area (Å²) in [6, 6.07) is 11.9. The number of nitrogens with one attached hydrogen (secondary N) is 2. The maximum absolute atomic E-state index is 12.1. The second-order valence-electron chi connectivity index (χ2n) is 6.03. The molecule has 0 unspecified atom stereocenters. The zero-order valence-corrected chi connectivity index (χ0v) is 17.2. The highest BCUT2D eigenvalue weighted by Crippen LogP contribution is 2.28. The quantitative estimate of drug-likeness (QED) is 0.459. The van der Waals surface area contributed by atoms with E-state index in [1.807, 2.05) is 0 Å². The van der Waals surface area contributed by atoms with Gasteiger partial charge >= 0.3 is 0 Å². The Kier molecular flexibility index (Phi) is 7.99. The summed E-state index contributed by atoms with van der Waals surface area (Å²) in [6.07, 6.45) is 4.54. The number of rotatable bonds is 10. The van der Waals surface area contributed by atoms with Crippen LogP contribution < -0.4 is 19.5 Å². The van der Waals surface area contributed by atoms with Gasteiger partial charge in [0.15, 0.2) is 11.5 Å². The molecule has 7 nitrogen and oxygen atoms in total. The Morgan fingerprint density at radius 3 is 2.38 bits per heavy atom. The van der Waals surface area contributed by atoms with Gasteiger partial charge in [-0.2, -0.15) is 0 Å². The van der Waals surface area contributed by atoms with Crippen LogP contribution in [0.15, 0.2) is 61.2 Å². The predicted molar refractivity (Wildman–Crippen MR) is 114 cm³/mol. The zero-order valence-electron chi connectivity index (χ0n) is 16.3. The van der Waals surface area contributed by atoms with Gasteiger partial charge in [0.05, 0.1) is 20.0 Å². The molecule has 0 saturated carbocycles. The van der Waals surface area contributed by atoms with Crippen molar-refractivity contribution in [3.05, 3.63) is 72.3 Å². The minimum absolute atomic E-state index is 0.145. The Hall–Kier alpha value is -3.10. The highest BCUT2D eigenvalue weighted by molar-refractivity contribution is 7.88. The number of benzene rings is 2. The van der Waals surface area contributed by atoms with Gasteiger partial charge in [0.1, 0.15) is 0 Å². The zero-order chi connectivity index (χ0) is 21.3. The molecular weight excluding hydrogens is 392 g/mol. The Morgan fingerprint density at radius 2 is 1.76 bits per heavy atom. The third-order valence-corrected chi connectivity index (χ3v) is 5.18. The molecule has 2 aromatic rings. The molecule has 0 saturated heterocycles. The molecule has 0 atom stereocenters. The van der Waals surface area contributed by atoms with E-state index in [1.165, 1.54) is 12.2 Å². The largest absolute Gasteiger partial charge is 0.493 e. The van der Waals surface area contributed by atoms with Crippen LogP contribution in [-0.4, -0.2) is 35.1 Å². The van der Waals surface area contributed by atoms with Crippen molar-refractivity contribution in [2.45, 2.75) is 5.75 Å². The maximum atomic E-state index is 12.1. The normalized spacial score (nSPS) is 11.2. The van der Waals surface area contributed by atoms with Gasteiger partial charge in [-0.1, -0.05) is 24.3 Å². The second-order valence-corrected chi connectivity index (χ2v) is 7.84. The van der Waals surface area contributed by atoms with Gasteiger partial charge < -0.3 is 14.8 Å². The molecule has 0 spiro atoms. The lowest BCUT2D eigenvalue weighted by atomic mass is 10.2. The van der Waals surface area contributed by atoms with E-state index < -0.39 is 10.0 Å². The molecule has 2 rings (SSSR count). The van der Waals surface area contributed by atoms with E-state index >= 15 is 0 Å². The number of amides is 1. The third kappa shape index (κ3) is 7.10. The summed E-state index contributed by atoms with van der Waals surface area (Å²) in [6.45, 7) is 3.66. The first-order valence-corrected chi connectivity index (χ1v) is 10.4. The first kappa shape index (κ1) is 22.2. The number of carbonyl (C=O) groups is 1. The van der Waals surface area contributed by atoms with Crippen LogP contribution in [0.1, 0.15) is 11.1 Å². The molecule has 0 aliphatic rings. The van der Waals surface area contributed by atoms with Gasteiger partial charge in [0.2, 0.25) is 15.9 Å². The number of sulfonamides is 1. The van der Waals surface area contributed by atoms with Crippen molar-refractivity contribution in [3.8, 4) is 11.5 Å². The minimum Gasteiger partial charge on any atom is -0.493 e. The summed E-state index contributed by atoms with van der Waals surface area (Å²) >= 11 is 0. The summed E-state index contributed by atoms with van der Waals surface area (Å²) in [5, 5.41) is 2.73. The number of hydrogen-bond donors (Lipinski definition) is 2. The molecule has 0 radical (unpaired) electrons. The number of hydrogen-bond acceptors (Lipinski definition) is 5. The lowest BCUT2D eigenvalue weighted by Gasteiger charge is -2.08. The number of carbonyl (C=O) groups excluding carboxylic acids is 1. The van der Waals surface area contributed by atoms with Gasteiger partial charge in [-0.25, -0.2) is 13.1 Å². The highest BCUT2D eigenvalue weighted by Gasteiger charge is 2.10. The van der Waals surface area contributed by atoms with Crippen molar-refractivity contribution in [3.63, 3.8) is 0 Å². The average Bonchev–Trinajstić information content (AvgIpc) is 2.71. The maximum Gasteiger partial charge on any atom is 0.248 e. The van der Waals surface area contributed by atoms with Gasteiger partial charge in [-0.15, -0.1) is 6.58 Å². The van der Waals surface area contributed by atoms with E-state index in [1.54, 1.807) is 62.8 Å². The summed E-state index contributed by atoms with van der Waals surface area (Å²) in [7, 11) is -0.323. The molecule has 0 fully saturated rings. The van der Waals surface area contributed by atoms with E-state index in [0.717, 1.165) is 5.56 Å². The fourth-order valence-electron chi connectivity index (χ4n) is 2.45. The van der Waals surface area contributed by atoms with Gasteiger partial charge in [0.25, 0.3) is 0 Å². The van der Waals surface area contributed by atoms with Gasteiger partial charge in [-0.3, -0.25) is 4.79 Å². The minimum atomic E-state index is -3.42. The monoisotopic (exact) mass is 416 g/mol.